The standard InChI is InChI=1S/C13H17ClN2O/c1-9-7-10(4-5-12(9)14)13(16-15)11-3-2-6-17-8-11/h4-5,7-8,13,16H,2-3,6,15H2,1H3. The van der Waals surface area contributed by atoms with Crippen LogP contribution in [0.2, 0.25) is 5.02 Å². The van der Waals surface area contributed by atoms with Crippen LogP contribution in [0, 0.1) is 6.92 Å². The Morgan fingerprint density at radius 1 is 1.47 bits per heavy atom. The fourth-order valence-corrected chi connectivity index (χ4v) is 2.18. The summed E-state index contributed by atoms with van der Waals surface area (Å²) < 4.78 is 5.36. The molecule has 0 fully saturated rings. The topological polar surface area (TPSA) is 47.3 Å². The molecular formula is C13H17ClN2O. The largest absolute Gasteiger partial charge is 0.501 e. The molecule has 3 nitrogen and oxygen atoms in total. The molecule has 0 bridgehead atoms. The van der Waals surface area contributed by atoms with E-state index in [1.54, 1.807) is 0 Å². The van der Waals surface area contributed by atoms with Crippen molar-refractivity contribution < 1.29 is 4.74 Å². The number of hydrogen-bond acceptors (Lipinski definition) is 3. The van der Waals surface area contributed by atoms with E-state index in [1.807, 2.05) is 25.3 Å². The molecule has 2 rings (SSSR count). The maximum atomic E-state index is 6.02. The van der Waals surface area contributed by atoms with Crippen LogP contribution in [0.25, 0.3) is 0 Å². The zero-order valence-electron chi connectivity index (χ0n) is 9.87. The van der Waals surface area contributed by atoms with Gasteiger partial charge in [0.2, 0.25) is 0 Å². The van der Waals surface area contributed by atoms with Crippen molar-refractivity contribution in [1.29, 1.82) is 0 Å². The molecule has 1 aliphatic rings. The van der Waals surface area contributed by atoms with Crippen molar-refractivity contribution in [2.75, 3.05) is 6.61 Å². The minimum atomic E-state index is 0.00580. The lowest BCUT2D eigenvalue weighted by Crippen LogP contribution is -2.30. The molecule has 0 saturated carbocycles. The highest BCUT2D eigenvalue weighted by molar-refractivity contribution is 6.31. The minimum Gasteiger partial charge on any atom is -0.501 e. The van der Waals surface area contributed by atoms with Crippen LogP contribution in [-0.4, -0.2) is 6.61 Å². The molecule has 1 aromatic carbocycles. The van der Waals surface area contributed by atoms with Gasteiger partial charge in [-0.05, 0) is 42.5 Å². The van der Waals surface area contributed by atoms with Gasteiger partial charge in [0, 0.05) is 5.02 Å². The van der Waals surface area contributed by atoms with Gasteiger partial charge in [-0.15, -0.1) is 0 Å². The van der Waals surface area contributed by atoms with Crippen molar-refractivity contribution in [3.63, 3.8) is 0 Å². The predicted octanol–water partition coefficient (Wildman–Crippen LogP) is 2.85. The average molecular weight is 253 g/mol. The SMILES string of the molecule is Cc1cc(C(NN)C2=COCCC2)ccc1Cl. The summed E-state index contributed by atoms with van der Waals surface area (Å²) in [5, 5.41) is 0.776. The number of halogens is 1. The van der Waals surface area contributed by atoms with E-state index < -0.39 is 0 Å². The second-order valence-electron chi connectivity index (χ2n) is 4.28. The van der Waals surface area contributed by atoms with Crippen LogP contribution in [-0.2, 0) is 4.74 Å². The van der Waals surface area contributed by atoms with Gasteiger partial charge in [0.15, 0.2) is 0 Å². The van der Waals surface area contributed by atoms with Crippen molar-refractivity contribution in [1.82, 2.24) is 5.43 Å². The zero-order chi connectivity index (χ0) is 12.3. The third-order valence-electron chi connectivity index (χ3n) is 3.02. The Kier molecular flexibility index (Phi) is 4.05. The fourth-order valence-electron chi connectivity index (χ4n) is 2.06. The molecule has 0 amide bonds. The highest BCUT2D eigenvalue weighted by Gasteiger charge is 2.18. The molecule has 0 radical (unpaired) electrons. The number of nitrogens with one attached hydrogen (secondary N) is 1. The number of ether oxygens (including phenoxy) is 1. The Labute approximate surface area is 107 Å². The second kappa shape index (κ2) is 5.54. The van der Waals surface area contributed by atoms with E-state index in [-0.39, 0.29) is 6.04 Å². The summed E-state index contributed by atoms with van der Waals surface area (Å²) in [6, 6.07) is 5.96. The van der Waals surface area contributed by atoms with Crippen molar-refractivity contribution in [2.24, 2.45) is 5.84 Å². The first-order valence-corrected chi connectivity index (χ1v) is 6.13. The Morgan fingerprint density at radius 3 is 2.88 bits per heavy atom. The van der Waals surface area contributed by atoms with E-state index in [0.29, 0.717) is 0 Å². The van der Waals surface area contributed by atoms with Crippen molar-refractivity contribution >= 4 is 11.6 Å². The van der Waals surface area contributed by atoms with Gasteiger partial charge in [0.25, 0.3) is 0 Å². The van der Waals surface area contributed by atoms with Crippen molar-refractivity contribution in [3.8, 4) is 0 Å². The lowest BCUT2D eigenvalue weighted by atomic mass is 9.95. The second-order valence-corrected chi connectivity index (χ2v) is 4.68. The van der Waals surface area contributed by atoms with E-state index in [4.69, 9.17) is 22.2 Å². The average Bonchev–Trinajstić information content (AvgIpc) is 2.36. The van der Waals surface area contributed by atoms with Gasteiger partial charge in [-0.3, -0.25) is 5.84 Å². The molecule has 1 atom stereocenters. The van der Waals surface area contributed by atoms with Gasteiger partial charge >= 0.3 is 0 Å². The molecule has 0 aliphatic carbocycles. The highest BCUT2D eigenvalue weighted by atomic mass is 35.5. The normalized spacial score (nSPS) is 17.2. The van der Waals surface area contributed by atoms with Crippen LogP contribution < -0.4 is 11.3 Å². The van der Waals surface area contributed by atoms with Gasteiger partial charge in [-0.1, -0.05) is 23.7 Å². The Morgan fingerprint density at radius 2 is 2.29 bits per heavy atom. The van der Waals surface area contributed by atoms with E-state index in [0.717, 1.165) is 35.6 Å². The number of hydrazine groups is 1. The van der Waals surface area contributed by atoms with Crippen LogP contribution >= 0.6 is 11.6 Å². The molecule has 0 aromatic heterocycles. The molecule has 92 valence electrons. The maximum Gasteiger partial charge on any atom is 0.0876 e. The van der Waals surface area contributed by atoms with E-state index >= 15 is 0 Å². The molecule has 0 spiro atoms. The van der Waals surface area contributed by atoms with Gasteiger partial charge in [0.05, 0.1) is 18.9 Å². The first kappa shape index (κ1) is 12.4. The minimum absolute atomic E-state index is 0.00580. The third kappa shape index (κ3) is 2.80. The van der Waals surface area contributed by atoms with Gasteiger partial charge in [-0.25, -0.2) is 5.43 Å². The van der Waals surface area contributed by atoms with Crippen LogP contribution in [0.15, 0.2) is 30.0 Å². The van der Waals surface area contributed by atoms with Gasteiger partial charge < -0.3 is 4.74 Å². The highest BCUT2D eigenvalue weighted by Crippen LogP contribution is 2.29. The summed E-state index contributed by atoms with van der Waals surface area (Å²) in [7, 11) is 0. The summed E-state index contributed by atoms with van der Waals surface area (Å²) in [5.74, 6) is 5.64. The smallest absolute Gasteiger partial charge is 0.0876 e. The molecule has 3 N–H and O–H groups in total. The Hall–Kier alpha value is -1.03. The van der Waals surface area contributed by atoms with E-state index in [9.17, 15) is 0 Å². The summed E-state index contributed by atoms with van der Waals surface area (Å²) in [5.41, 5.74) is 6.20. The summed E-state index contributed by atoms with van der Waals surface area (Å²) >= 11 is 6.02. The first-order valence-electron chi connectivity index (χ1n) is 5.75. The van der Waals surface area contributed by atoms with E-state index in [2.05, 4.69) is 11.5 Å². The first-order chi connectivity index (χ1) is 8.22. The summed E-state index contributed by atoms with van der Waals surface area (Å²) in [4.78, 5) is 0. The number of hydrogen-bond donors (Lipinski definition) is 2. The molecule has 1 aromatic rings. The molecule has 4 heteroatoms. The number of nitrogens with two attached hydrogens (primary N) is 1. The van der Waals surface area contributed by atoms with Gasteiger partial charge in [-0.2, -0.15) is 0 Å². The van der Waals surface area contributed by atoms with Crippen molar-refractivity contribution in [3.05, 3.63) is 46.2 Å². The lowest BCUT2D eigenvalue weighted by Gasteiger charge is -2.23. The zero-order valence-corrected chi connectivity index (χ0v) is 10.6. The quantitative estimate of drug-likeness (QED) is 0.642. The Balaban J connectivity index is 2.28. The Bertz CT molecular complexity index is 431. The molecule has 1 unspecified atom stereocenters. The number of benzene rings is 1. The summed E-state index contributed by atoms with van der Waals surface area (Å²) in [6.45, 7) is 2.78. The van der Waals surface area contributed by atoms with Gasteiger partial charge in [0.1, 0.15) is 0 Å². The number of rotatable bonds is 3. The van der Waals surface area contributed by atoms with Crippen LogP contribution in [0.4, 0.5) is 0 Å². The van der Waals surface area contributed by atoms with Crippen LogP contribution in [0.5, 0.6) is 0 Å². The maximum absolute atomic E-state index is 6.02. The lowest BCUT2D eigenvalue weighted by molar-refractivity contribution is 0.219. The third-order valence-corrected chi connectivity index (χ3v) is 3.44. The number of aryl methyl sites for hydroxylation is 1. The fraction of sp³-hybridized carbons (Fsp3) is 0.385. The molecular weight excluding hydrogens is 236 g/mol. The van der Waals surface area contributed by atoms with Crippen LogP contribution in [0.3, 0.4) is 0 Å². The van der Waals surface area contributed by atoms with Crippen LogP contribution in [0.1, 0.15) is 30.0 Å². The molecule has 17 heavy (non-hydrogen) atoms. The molecule has 0 saturated heterocycles. The van der Waals surface area contributed by atoms with Crippen molar-refractivity contribution in [2.45, 2.75) is 25.8 Å². The predicted molar refractivity (Wildman–Crippen MR) is 69.5 cm³/mol. The molecule has 1 heterocycles. The monoisotopic (exact) mass is 252 g/mol. The summed E-state index contributed by atoms with van der Waals surface area (Å²) in [6.07, 6.45) is 3.87. The molecule has 1 aliphatic heterocycles. The van der Waals surface area contributed by atoms with E-state index in [1.165, 1.54) is 5.57 Å².